The summed E-state index contributed by atoms with van der Waals surface area (Å²) in [6.07, 6.45) is 11.7. The van der Waals surface area contributed by atoms with E-state index in [4.69, 9.17) is 5.84 Å². The van der Waals surface area contributed by atoms with E-state index in [1.807, 2.05) is 30.4 Å². The maximum Gasteiger partial charge on any atom is 0.139 e. The van der Waals surface area contributed by atoms with E-state index in [9.17, 15) is 0 Å². The molecule has 2 heterocycles. The van der Waals surface area contributed by atoms with E-state index in [2.05, 4.69) is 9.98 Å². The van der Waals surface area contributed by atoms with Crippen LogP contribution in [0, 0.1) is 0 Å². The number of hydrogen-bond acceptors (Lipinski definition) is 4. The third-order valence-electron chi connectivity index (χ3n) is 2.77. The van der Waals surface area contributed by atoms with Gasteiger partial charge in [-0.15, -0.1) is 0 Å². The van der Waals surface area contributed by atoms with Crippen LogP contribution in [0.5, 0.6) is 0 Å². The van der Waals surface area contributed by atoms with E-state index in [0.29, 0.717) is 6.67 Å². The van der Waals surface area contributed by atoms with E-state index in [0.717, 1.165) is 11.4 Å². The summed E-state index contributed by atoms with van der Waals surface area (Å²) in [4.78, 5) is 8.71. The van der Waals surface area contributed by atoms with Crippen LogP contribution in [-0.4, -0.2) is 29.1 Å². The zero-order chi connectivity index (χ0) is 9.60. The summed E-state index contributed by atoms with van der Waals surface area (Å²) in [6, 6.07) is 0. The van der Waals surface area contributed by atoms with E-state index in [1.165, 1.54) is 0 Å². The standard InChI is InChI=1S/C10H10N4/c11-14-7-13-9-4-1-3-8-10(9,14)5-2-6-12-8/h1-6H,7,11H2. The molecule has 1 spiro atoms. The predicted molar refractivity (Wildman–Crippen MR) is 55.9 cm³/mol. The lowest BCUT2D eigenvalue weighted by molar-refractivity contribution is 0.247. The summed E-state index contributed by atoms with van der Waals surface area (Å²) in [6.45, 7) is 0.525. The lowest BCUT2D eigenvalue weighted by Crippen LogP contribution is -2.54. The number of aliphatic imine (C=N–C) groups is 2. The summed E-state index contributed by atoms with van der Waals surface area (Å²) in [7, 11) is 0. The number of nitrogens with zero attached hydrogens (tertiary/aromatic N) is 3. The summed E-state index contributed by atoms with van der Waals surface area (Å²) < 4.78 is 0. The minimum atomic E-state index is -0.399. The largest absolute Gasteiger partial charge is 0.270 e. The zero-order valence-corrected chi connectivity index (χ0v) is 7.59. The molecule has 1 unspecified atom stereocenters. The van der Waals surface area contributed by atoms with Gasteiger partial charge in [0.25, 0.3) is 0 Å². The highest BCUT2D eigenvalue weighted by atomic mass is 15.5. The molecule has 0 bridgehead atoms. The van der Waals surface area contributed by atoms with Crippen LogP contribution >= 0.6 is 0 Å². The molecule has 1 aliphatic carbocycles. The Hall–Kier alpha value is -1.52. The van der Waals surface area contributed by atoms with Crippen LogP contribution < -0.4 is 5.84 Å². The Morgan fingerprint density at radius 1 is 1.43 bits per heavy atom. The first-order valence-corrected chi connectivity index (χ1v) is 4.52. The van der Waals surface area contributed by atoms with Gasteiger partial charge >= 0.3 is 0 Å². The molecular weight excluding hydrogens is 176 g/mol. The second-order valence-corrected chi connectivity index (χ2v) is 3.47. The van der Waals surface area contributed by atoms with Crippen molar-refractivity contribution in [2.24, 2.45) is 15.8 Å². The van der Waals surface area contributed by atoms with Crippen molar-refractivity contribution in [3.05, 3.63) is 36.1 Å². The summed E-state index contributed by atoms with van der Waals surface area (Å²) in [5.74, 6) is 5.95. The number of hydrogen-bond donors (Lipinski definition) is 1. The Morgan fingerprint density at radius 3 is 3.29 bits per heavy atom. The van der Waals surface area contributed by atoms with Crippen LogP contribution in [-0.2, 0) is 0 Å². The van der Waals surface area contributed by atoms with Crippen LogP contribution in [0.1, 0.15) is 0 Å². The average molecular weight is 186 g/mol. The maximum absolute atomic E-state index is 5.95. The lowest BCUT2D eigenvalue weighted by Gasteiger charge is -2.35. The van der Waals surface area contributed by atoms with Crippen molar-refractivity contribution in [3.8, 4) is 0 Å². The van der Waals surface area contributed by atoms with Crippen molar-refractivity contribution in [2.75, 3.05) is 6.67 Å². The summed E-state index contributed by atoms with van der Waals surface area (Å²) in [5.41, 5.74) is 1.52. The Balaban J connectivity index is 2.24. The quantitative estimate of drug-likeness (QED) is 0.557. The average Bonchev–Trinajstić information content (AvgIpc) is 2.55. The van der Waals surface area contributed by atoms with Gasteiger partial charge in [0.15, 0.2) is 0 Å². The number of allylic oxidation sites excluding steroid dienone is 3. The van der Waals surface area contributed by atoms with Crippen LogP contribution in [0.4, 0.5) is 0 Å². The summed E-state index contributed by atoms with van der Waals surface area (Å²) >= 11 is 0. The van der Waals surface area contributed by atoms with Crippen molar-refractivity contribution in [1.82, 2.24) is 5.01 Å². The van der Waals surface area contributed by atoms with Gasteiger partial charge in [-0.1, -0.05) is 6.08 Å². The van der Waals surface area contributed by atoms with Crippen molar-refractivity contribution in [3.63, 3.8) is 0 Å². The Morgan fingerprint density at radius 2 is 2.36 bits per heavy atom. The van der Waals surface area contributed by atoms with Crippen molar-refractivity contribution in [1.29, 1.82) is 0 Å². The van der Waals surface area contributed by atoms with Gasteiger partial charge in [0.2, 0.25) is 0 Å². The third kappa shape index (κ3) is 0.748. The van der Waals surface area contributed by atoms with Gasteiger partial charge in [-0.05, 0) is 24.3 Å². The molecule has 0 aromatic heterocycles. The molecule has 0 aromatic rings. The normalized spacial score (nSPS) is 33.8. The molecule has 4 heteroatoms. The van der Waals surface area contributed by atoms with E-state index in [-0.39, 0.29) is 0 Å². The van der Waals surface area contributed by atoms with Crippen molar-refractivity contribution >= 4 is 11.9 Å². The van der Waals surface area contributed by atoms with Gasteiger partial charge in [0, 0.05) is 6.21 Å². The molecule has 0 amide bonds. The van der Waals surface area contributed by atoms with Crippen LogP contribution in [0.15, 0.2) is 46.1 Å². The van der Waals surface area contributed by atoms with Gasteiger partial charge < -0.3 is 0 Å². The molecule has 2 aliphatic heterocycles. The van der Waals surface area contributed by atoms with Crippen molar-refractivity contribution < 1.29 is 0 Å². The first-order valence-electron chi connectivity index (χ1n) is 4.52. The predicted octanol–water partition coefficient (Wildman–Crippen LogP) is 0.407. The molecule has 0 aromatic carbocycles. The second-order valence-electron chi connectivity index (χ2n) is 3.47. The minimum absolute atomic E-state index is 0.399. The zero-order valence-electron chi connectivity index (χ0n) is 7.59. The topological polar surface area (TPSA) is 54.0 Å². The molecule has 2 N–H and O–H groups in total. The Kier molecular flexibility index (Phi) is 1.40. The van der Waals surface area contributed by atoms with E-state index >= 15 is 0 Å². The van der Waals surface area contributed by atoms with Gasteiger partial charge in [-0.3, -0.25) is 15.8 Å². The molecule has 4 nitrogen and oxygen atoms in total. The van der Waals surface area contributed by atoms with Gasteiger partial charge in [-0.2, -0.15) is 0 Å². The first kappa shape index (κ1) is 7.84. The Labute approximate surface area is 81.8 Å². The molecule has 0 saturated heterocycles. The van der Waals surface area contributed by atoms with Crippen LogP contribution in [0.25, 0.3) is 0 Å². The van der Waals surface area contributed by atoms with Crippen LogP contribution in [0.2, 0.25) is 0 Å². The van der Waals surface area contributed by atoms with Crippen molar-refractivity contribution in [2.45, 2.75) is 5.54 Å². The third-order valence-corrected chi connectivity index (χ3v) is 2.77. The summed E-state index contributed by atoms with van der Waals surface area (Å²) in [5, 5.41) is 1.71. The minimum Gasteiger partial charge on any atom is -0.270 e. The molecule has 70 valence electrons. The number of dihydropyridines is 1. The van der Waals surface area contributed by atoms with E-state index in [1.54, 1.807) is 11.2 Å². The fourth-order valence-electron chi connectivity index (χ4n) is 2.06. The molecule has 3 aliphatic rings. The van der Waals surface area contributed by atoms with Gasteiger partial charge in [0.1, 0.15) is 12.2 Å². The lowest BCUT2D eigenvalue weighted by atomic mass is 9.84. The number of rotatable bonds is 0. The number of hydrazine groups is 1. The van der Waals surface area contributed by atoms with Gasteiger partial charge in [-0.25, -0.2) is 5.01 Å². The Bertz CT molecular complexity index is 427. The maximum atomic E-state index is 5.95. The highest BCUT2D eigenvalue weighted by Crippen LogP contribution is 2.35. The highest BCUT2D eigenvalue weighted by Gasteiger charge is 2.46. The molecule has 0 saturated carbocycles. The van der Waals surface area contributed by atoms with Gasteiger partial charge in [0.05, 0.1) is 11.4 Å². The SMILES string of the molecule is NN1CN=C2C=CC=C3N=CC=CC321. The molecule has 0 fully saturated rings. The van der Waals surface area contributed by atoms with Crippen LogP contribution in [0.3, 0.4) is 0 Å². The molecular formula is C10H10N4. The number of nitrogens with two attached hydrogens (primary N) is 1. The molecule has 3 rings (SSSR count). The molecule has 0 radical (unpaired) electrons. The smallest absolute Gasteiger partial charge is 0.139 e. The second kappa shape index (κ2) is 2.50. The highest BCUT2D eigenvalue weighted by molar-refractivity contribution is 6.10. The molecule has 1 atom stereocenters. The van der Waals surface area contributed by atoms with E-state index < -0.39 is 5.54 Å². The molecule has 14 heavy (non-hydrogen) atoms. The fourth-order valence-corrected chi connectivity index (χ4v) is 2.06. The first-order chi connectivity index (χ1) is 6.84. The fraction of sp³-hybridized carbons (Fsp3) is 0.200. The monoisotopic (exact) mass is 186 g/mol.